The Morgan fingerprint density at radius 3 is 2.46 bits per heavy atom. The average molecular weight is 358 g/mol. The Labute approximate surface area is 152 Å². The second-order valence-electron chi connectivity index (χ2n) is 5.62. The zero-order valence-corrected chi connectivity index (χ0v) is 14.8. The Kier molecular flexibility index (Phi) is 6.96. The number of carboxylic acids is 1. The molecule has 0 spiro atoms. The van der Waals surface area contributed by atoms with Gasteiger partial charge in [-0.2, -0.15) is 0 Å². The number of ether oxygens (including phenoxy) is 2. The van der Waals surface area contributed by atoms with E-state index in [2.05, 4.69) is 10.3 Å². The van der Waals surface area contributed by atoms with Crippen molar-refractivity contribution in [1.82, 2.24) is 10.3 Å². The molecule has 0 saturated carbocycles. The van der Waals surface area contributed by atoms with Crippen LogP contribution in [-0.4, -0.2) is 42.2 Å². The number of rotatable bonds is 9. The predicted octanol–water partition coefficient (Wildman–Crippen LogP) is 2.16. The third-order valence-electron chi connectivity index (χ3n) is 3.78. The minimum absolute atomic E-state index is 0.0212. The molecule has 0 saturated heterocycles. The summed E-state index contributed by atoms with van der Waals surface area (Å²) in [6.45, 7) is 2.49. The van der Waals surface area contributed by atoms with Crippen LogP contribution in [0.3, 0.4) is 0 Å². The summed E-state index contributed by atoms with van der Waals surface area (Å²) in [4.78, 5) is 27.6. The van der Waals surface area contributed by atoms with Gasteiger partial charge in [0.2, 0.25) is 5.88 Å². The lowest BCUT2D eigenvalue weighted by Crippen LogP contribution is -2.34. The molecule has 2 N–H and O–H groups in total. The second kappa shape index (κ2) is 9.41. The lowest BCUT2D eigenvalue weighted by Gasteiger charge is -2.14. The number of carbonyl (C=O) groups is 2. The van der Waals surface area contributed by atoms with Gasteiger partial charge in [-0.05, 0) is 37.1 Å². The normalized spacial score (nSPS) is 11.5. The molecular weight excluding hydrogens is 336 g/mol. The number of carbonyl (C=O) groups excluding carboxylic acids is 1. The molecule has 138 valence electrons. The molecule has 1 amide bonds. The van der Waals surface area contributed by atoms with Crippen molar-refractivity contribution in [2.24, 2.45) is 5.92 Å². The van der Waals surface area contributed by atoms with Crippen LogP contribution in [-0.2, 0) is 11.2 Å². The van der Waals surface area contributed by atoms with Crippen molar-refractivity contribution in [3.05, 3.63) is 53.7 Å². The van der Waals surface area contributed by atoms with E-state index in [0.29, 0.717) is 24.5 Å². The Morgan fingerprint density at radius 2 is 1.92 bits per heavy atom. The van der Waals surface area contributed by atoms with Gasteiger partial charge >= 0.3 is 5.97 Å². The fourth-order valence-corrected chi connectivity index (χ4v) is 2.37. The summed E-state index contributed by atoms with van der Waals surface area (Å²) in [6.07, 6.45) is 1.69. The summed E-state index contributed by atoms with van der Waals surface area (Å²) < 4.78 is 10.3. The Morgan fingerprint density at radius 1 is 1.19 bits per heavy atom. The first-order valence-corrected chi connectivity index (χ1v) is 8.26. The number of amides is 1. The molecule has 0 radical (unpaired) electrons. The van der Waals surface area contributed by atoms with E-state index < -0.39 is 11.9 Å². The zero-order chi connectivity index (χ0) is 18.9. The summed E-state index contributed by atoms with van der Waals surface area (Å²) in [5.41, 5.74) is 1.21. The van der Waals surface area contributed by atoms with Crippen molar-refractivity contribution in [1.29, 1.82) is 0 Å². The van der Waals surface area contributed by atoms with Crippen LogP contribution in [0.4, 0.5) is 0 Å². The van der Waals surface area contributed by atoms with Crippen molar-refractivity contribution in [2.75, 3.05) is 20.3 Å². The van der Waals surface area contributed by atoms with Gasteiger partial charge in [0.15, 0.2) is 0 Å². The number of benzene rings is 1. The highest BCUT2D eigenvalue weighted by Gasteiger charge is 2.19. The Hall–Kier alpha value is -3.09. The largest absolute Gasteiger partial charge is 0.494 e. The maximum atomic E-state index is 12.1. The van der Waals surface area contributed by atoms with Gasteiger partial charge in [-0.15, -0.1) is 0 Å². The molecule has 1 aromatic heterocycles. The highest BCUT2D eigenvalue weighted by molar-refractivity contribution is 5.94. The van der Waals surface area contributed by atoms with Crippen LogP contribution >= 0.6 is 0 Å². The molecule has 1 unspecified atom stereocenters. The maximum absolute atomic E-state index is 12.1. The van der Waals surface area contributed by atoms with Gasteiger partial charge in [0.1, 0.15) is 5.75 Å². The number of carboxylic acid groups (broad SMARTS) is 1. The van der Waals surface area contributed by atoms with E-state index >= 15 is 0 Å². The van der Waals surface area contributed by atoms with Crippen molar-refractivity contribution in [3.63, 3.8) is 0 Å². The molecular formula is C19H22N2O5. The molecule has 7 heteroatoms. The highest BCUT2D eigenvalue weighted by Crippen LogP contribution is 2.15. The molecule has 1 atom stereocenters. The molecule has 0 aliphatic rings. The van der Waals surface area contributed by atoms with Crippen LogP contribution in [0.15, 0.2) is 42.6 Å². The maximum Gasteiger partial charge on any atom is 0.308 e. The fourth-order valence-electron chi connectivity index (χ4n) is 2.37. The van der Waals surface area contributed by atoms with Crippen LogP contribution in [0.5, 0.6) is 11.6 Å². The molecule has 1 heterocycles. The van der Waals surface area contributed by atoms with E-state index in [4.69, 9.17) is 9.47 Å². The standard InChI is InChI=1S/C19H22N2O5/c1-3-26-16-7-4-13(5-8-16)10-15(19(23)24)12-21-18(22)14-6-9-17(25-2)20-11-14/h4-9,11,15H,3,10,12H2,1-2H3,(H,21,22)(H,23,24). The van der Waals surface area contributed by atoms with Crippen LogP contribution in [0.1, 0.15) is 22.8 Å². The van der Waals surface area contributed by atoms with E-state index in [1.165, 1.54) is 13.3 Å². The van der Waals surface area contributed by atoms with Crippen LogP contribution in [0.2, 0.25) is 0 Å². The quantitative estimate of drug-likeness (QED) is 0.713. The molecule has 0 aliphatic carbocycles. The summed E-state index contributed by atoms with van der Waals surface area (Å²) in [5.74, 6) is -0.933. The van der Waals surface area contributed by atoms with Gasteiger partial charge in [-0.3, -0.25) is 9.59 Å². The molecule has 2 rings (SSSR count). The molecule has 0 aliphatic heterocycles. The molecule has 7 nitrogen and oxygen atoms in total. The number of pyridine rings is 1. The Bertz CT molecular complexity index is 729. The Balaban J connectivity index is 1.94. The highest BCUT2D eigenvalue weighted by atomic mass is 16.5. The smallest absolute Gasteiger partial charge is 0.308 e. The number of hydrogen-bond donors (Lipinski definition) is 2. The van der Waals surface area contributed by atoms with Gasteiger partial charge in [0.05, 0.1) is 25.2 Å². The van der Waals surface area contributed by atoms with Crippen molar-refractivity contribution < 1.29 is 24.2 Å². The van der Waals surface area contributed by atoms with Gasteiger partial charge in [-0.1, -0.05) is 12.1 Å². The zero-order valence-electron chi connectivity index (χ0n) is 14.8. The van der Waals surface area contributed by atoms with Gasteiger partial charge < -0.3 is 19.9 Å². The van der Waals surface area contributed by atoms with Gasteiger partial charge in [-0.25, -0.2) is 4.98 Å². The third-order valence-corrected chi connectivity index (χ3v) is 3.78. The summed E-state index contributed by atoms with van der Waals surface area (Å²) in [6, 6.07) is 10.4. The average Bonchev–Trinajstić information content (AvgIpc) is 2.66. The number of nitrogens with zero attached hydrogens (tertiary/aromatic N) is 1. The third kappa shape index (κ3) is 5.47. The number of nitrogens with one attached hydrogen (secondary N) is 1. The van der Waals surface area contributed by atoms with E-state index in [0.717, 1.165) is 11.3 Å². The van der Waals surface area contributed by atoms with E-state index in [9.17, 15) is 14.7 Å². The number of aromatic nitrogens is 1. The van der Waals surface area contributed by atoms with Crippen LogP contribution in [0, 0.1) is 5.92 Å². The van der Waals surface area contributed by atoms with Gasteiger partial charge in [0, 0.05) is 18.8 Å². The minimum atomic E-state index is -0.966. The lowest BCUT2D eigenvalue weighted by molar-refractivity contribution is -0.141. The molecule has 1 aromatic carbocycles. The topological polar surface area (TPSA) is 97.8 Å². The number of methoxy groups -OCH3 is 1. The van der Waals surface area contributed by atoms with Gasteiger partial charge in [0.25, 0.3) is 5.91 Å². The first kappa shape index (κ1) is 19.2. The van der Waals surface area contributed by atoms with E-state index in [-0.39, 0.29) is 12.5 Å². The number of hydrogen-bond acceptors (Lipinski definition) is 5. The van der Waals surface area contributed by atoms with Crippen LogP contribution in [0.25, 0.3) is 0 Å². The lowest BCUT2D eigenvalue weighted by atomic mass is 9.99. The summed E-state index contributed by atoms with van der Waals surface area (Å²) in [5, 5.41) is 12.1. The van der Waals surface area contributed by atoms with E-state index in [1.807, 2.05) is 19.1 Å². The minimum Gasteiger partial charge on any atom is -0.494 e. The summed E-state index contributed by atoms with van der Waals surface area (Å²) >= 11 is 0. The second-order valence-corrected chi connectivity index (χ2v) is 5.62. The van der Waals surface area contributed by atoms with E-state index in [1.54, 1.807) is 24.3 Å². The predicted molar refractivity (Wildman–Crippen MR) is 95.6 cm³/mol. The molecule has 26 heavy (non-hydrogen) atoms. The SMILES string of the molecule is CCOc1ccc(CC(CNC(=O)c2ccc(OC)nc2)C(=O)O)cc1. The molecule has 0 fully saturated rings. The van der Waals surface area contributed by atoms with Crippen molar-refractivity contribution >= 4 is 11.9 Å². The monoisotopic (exact) mass is 358 g/mol. The van der Waals surface area contributed by atoms with Crippen molar-refractivity contribution in [2.45, 2.75) is 13.3 Å². The van der Waals surface area contributed by atoms with Crippen molar-refractivity contribution in [3.8, 4) is 11.6 Å². The van der Waals surface area contributed by atoms with Crippen LogP contribution < -0.4 is 14.8 Å². The summed E-state index contributed by atoms with van der Waals surface area (Å²) in [7, 11) is 1.49. The number of aliphatic carboxylic acids is 1. The first-order valence-electron chi connectivity index (χ1n) is 8.26. The first-order chi connectivity index (χ1) is 12.5. The molecule has 2 aromatic rings. The molecule has 0 bridgehead atoms. The fraction of sp³-hybridized carbons (Fsp3) is 0.316.